The van der Waals surface area contributed by atoms with Crippen LogP contribution in [-0.2, 0) is 13.3 Å². The Balaban J connectivity index is 3.71. The van der Waals surface area contributed by atoms with Gasteiger partial charge in [-0.3, -0.25) is 0 Å². The standard InChI is InChI=1S/C11H24O3Si2/c1-5-6-7-8-9-10-11-15-16(12-2,13-3)14-4/h10-11H,5-9H2,1-4H3. The zero-order valence-corrected chi connectivity index (χ0v) is 12.9. The van der Waals surface area contributed by atoms with Crippen LogP contribution in [0, 0.1) is 0 Å². The number of hydrogen-bond donors (Lipinski definition) is 0. The van der Waals surface area contributed by atoms with Crippen LogP contribution < -0.4 is 0 Å². The van der Waals surface area contributed by atoms with Crippen molar-refractivity contribution >= 4 is 17.4 Å². The Morgan fingerprint density at radius 3 is 2.12 bits per heavy atom. The largest absolute Gasteiger partial charge is 0.469 e. The smallest absolute Gasteiger partial charge is 0.380 e. The van der Waals surface area contributed by atoms with E-state index >= 15 is 0 Å². The van der Waals surface area contributed by atoms with Crippen LogP contribution >= 0.6 is 0 Å². The fourth-order valence-electron chi connectivity index (χ4n) is 1.36. The van der Waals surface area contributed by atoms with E-state index in [9.17, 15) is 0 Å². The van der Waals surface area contributed by atoms with E-state index in [-0.39, 0.29) is 0 Å². The molecule has 5 heteroatoms. The van der Waals surface area contributed by atoms with E-state index in [1.165, 1.54) is 25.7 Å². The molecule has 16 heavy (non-hydrogen) atoms. The molecule has 94 valence electrons. The Morgan fingerprint density at radius 2 is 1.62 bits per heavy atom. The van der Waals surface area contributed by atoms with Crippen molar-refractivity contribution in [2.75, 3.05) is 21.3 Å². The molecule has 0 N–H and O–H groups in total. The van der Waals surface area contributed by atoms with Crippen LogP contribution in [0.4, 0.5) is 0 Å². The molecule has 0 aromatic heterocycles. The van der Waals surface area contributed by atoms with Crippen molar-refractivity contribution in [2.24, 2.45) is 0 Å². The highest BCUT2D eigenvalue weighted by Crippen LogP contribution is 2.06. The van der Waals surface area contributed by atoms with Gasteiger partial charge in [0.05, 0.1) is 0 Å². The predicted octanol–water partition coefficient (Wildman–Crippen LogP) is 2.55. The maximum atomic E-state index is 5.34. The summed E-state index contributed by atoms with van der Waals surface area (Å²) < 4.78 is 16.0. The Morgan fingerprint density at radius 1 is 1.00 bits per heavy atom. The molecule has 0 aromatic carbocycles. The third-order valence-electron chi connectivity index (χ3n) is 2.41. The van der Waals surface area contributed by atoms with Crippen molar-refractivity contribution in [3.8, 4) is 0 Å². The molecule has 0 bridgehead atoms. The van der Waals surface area contributed by atoms with Gasteiger partial charge >= 0.3 is 8.32 Å². The van der Waals surface area contributed by atoms with Crippen LogP contribution in [0.5, 0.6) is 0 Å². The third kappa shape index (κ3) is 6.60. The molecule has 0 atom stereocenters. The summed E-state index contributed by atoms with van der Waals surface area (Å²) in [6.07, 6.45) is 8.59. The molecule has 0 rings (SSSR count). The van der Waals surface area contributed by atoms with Gasteiger partial charge in [-0.2, -0.15) is 0 Å². The van der Waals surface area contributed by atoms with Gasteiger partial charge in [0.15, 0.2) is 9.04 Å². The second kappa shape index (κ2) is 10.2. The van der Waals surface area contributed by atoms with Crippen LogP contribution in [-0.4, -0.2) is 38.7 Å². The van der Waals surface area contributed by atoms with Crippen molar-refractivity contribution in [1.82, 2.24) is 0 Å². The molecule has 0 saturated carbocycles. The minimum absolute atomic E-state index is 0.498. The lowest BCUT2D eigenvalue weighted by Gasteiger charge is -2.22. The first-order valence-corrected chi connectivity index (χ1v) is 9.63. The highest BCUT2D eigenvalue weighted by molar-refractivity contribution is 7.16. The van der Waals surface area contributed by atoms with Gasteiger partial charge in [0.25, 0.3) is 0 Å². The maximum absolute atomic E-state index is 5.34. The highest BCUT2D eigenvalue weighted by Gasteiger charge is 2.36. The fourth-order valence-corrected chi connectivity index (χ4v) is 4.73. The Labute approximate surface area is 103 Å². The van der Waals surface area contributed by atoms with E-state index in [0.29, 0.717) is 9.04 Å². The third-order valence-corrected chi connectivity index (χ3v) is 8.17. The average molecular weight is 260 g/mol. The van der Waals surface area contributed by atoms with Gasteiger partial charge in [0, 0.05) is 21.3 Å². The molecule has 0 spiro atoms. The SMILES string of the molecule is CCCCCCC=C[Si][Si](OC)(OC)OC. The van der Waals surface area contributed by atoms with E-state index in [1.807, 2.05) is 0 Å². The van der Waals surface area contributed by atoms with Gasteiger partial charge in [-0.15, -0.1) is 0 Å². The summed E-state index contributed by atoms with van der Waals surface area (Å²) in [4.78, 5) is 0. The summed E-state index contributed by atoms with van der Waals surface area (Å²) >= 11 is 0. The van der Waals surface area contributed by atoms with Gasteiger partial charge in [0.1, 0.15) is 0 Å². The van der Waals surface area contributed by atoms with Crippen molar-refractivity contribution in [2.45, 2.75) is 39.0 Å². The average Bonchev–Trinajstić information content (AvgIpc) is 2.34. The van der Waals surface area contributed by atoms with Crippen molar-refractivity contribution in [3.63, 3.8) is 0 Å². The zero-order valence-electron chi connectivity index (χ0n) is 10.9. The molecule has 0 fully saturated rings. The fraction of sp³-hybridized carbons (Fsp3) is 0.818. The van der Waals surface area contributed by atoms with E-state index < -0.39 is 8.32 Å². The summed E-state index contributed by atoms with van der Waals surface area (Å²) in [7, 11) is 3.11. The van der Waals surface area contributed by atoms with Crippen LogP contribution in [0.3, 0.4) is 0 Å². The molecular weight excluding hydrogens is 236 g/mol. The summed E-state index contributed by atoms with van der Waals surface area (Å²) in [5.74, 6) is 0. The van der Waals surface area contributed by atoms with Gasteiger partial charge in [0.2, 0.25) is 0 Å². The summed E-state index contributed by atoms with van der Waals surface area (Å²) in [5, 5.41) is 0. The van der Waals surface area contributed by atoms with Gasteiger partial charge < -0.3 is 13.3 Å². The van der Waals surface area contributed by atoms with Gasteiger partial charge in [-0.25, -0.2) is 0 Å². The predicted molar refractivity (Wildman–Crippen MR) is 70.4 cm³/mol. The maximum Gasteiger partial charge on any atom is 0.469 e. The van der Waals surface area contributed by atoms with E-state index in [4.69, 9.17) is 13.3 Å². The number of allylic oxidation sites excluding steroid dienone is 1. The van der Waals surface area contributed by atoms with E-state index in [2.05, 4.69) is 18.7 Å². The monoisotopic (exact) mass is 260 g/mol. The lowest BCUT2D eigenvalue weighted by atomic mass is 10.2. The number of unbranched alkanes of at least 4 members (excludes halogenated alkanes) is 4. The summed E-state index contributed by atoms with van der Waals surface area (Å²) in [6, 6.07) is 0. The normalized spacial score (nSPS) is 12.5. The van der Waals surface area contributed by atoms with E-state index in [0.717, 1.165) is 6.42 Å². The summed E-state index contributed by atoms with van der Waals surface area (Å²) in [6.45, 7) is 2.23. The first kappa shape index (κ1) is 16.1. The van der Waals surface area contributed by atoms with E-state index in [1.54, 1.807) is 21.3 Å². The van der Waals surface area contributed by atoms with Gasteiger partial charge in [-0.05, 0) is 12.8 Å². The quantitative estimate of drug-likeness (QED) is 0.446. The molecule has 0 heterocycles. The minimum Gasteiger partial charge on any atom is -0.380 e. The van der Waals surface area contributed by atoms with Gasteiger partial charge in [-0.1, -0.05) is 38.0 Å². The molecule has 2 radical (unpaired) electrons. The number of rotatable bonds is 10. The second-order valence-corrected chi connectivity index (χ2v) is 9.23. The number of hydrogen-bond acceptors (Lipinski definition) is 3. The lowest BCUT2D eigenvalue weighted by Crippen LogP contribution is -2.49. The molecule has 0 amide bonds. The highest BCUT2D eigenvalue weighted by atomic mass is 29.2. The zero-order chi connectivity index (χ0) is 12.3. The molecule has 0 aliphatic heterocycles. The van der Waals surface area contributed by atoms with Crippen LogP contribution in [0.1, 0.15) is 39.0 Å². The van der Waals surface area contributed by atoms with Crippen LogP contribution in [0.2, 0.25) is 0 Å². The molecule has 0 unspecified atom stereocenters. The Hall–Kier alpha value is 0.0538. The van der Waals surface area contributed by atoms with Crippen molar-refractivity contribution < 1.29 is 13.3 Å². The van der Waals surface area contributed by atoms with Crippen LogP contribution in [0.25, 0.3) is 0 Å². The topological polar surface area (TPSA) is 27.7 Å². The molecular formula is C11H24O3Si2. The summed E-state index contributed by atoms with van der Waals surface area (Å²) in [5.41, 5.74) is 2.15. The second-order valence-electron chi connectivity index (χ2n) is 3.56. The molecule has 0 aliphatic carbocycles. The molecule has 0 aromatic rings. The Kier molecular flexibility index (Phi) is 10.3. The van der Waals surface area contributed by atoms with Crippen molar-refractivity contribution in [3.05, 3.63) is 11.8 Å². The first-order valence-electron chi connectivity index (χ1n) is 5.82. The molecule has 0 aliphatic rings. The lowest BCUT2D eigenvalue weighted by molar-refractivity contribution is 0.148. The molecule has 0 saturated heterocycles. The minimum atomic E-state index is -2.35. The molecule has 3 nitrogen and oxygen atoms in total. The first-order chi connectivity index (χ1) is 7.74. The van der Waals surface area contributed by atoms with Crippen molar-refractivity contribution in [1.29, 1.82) is 0 Å². The Bertz CT molecular complexity index is 174. The van der Waals surface area contributed by atoms with Crippen LogP contribution in [0.15, 0.2) is 11.8 Å².